The molecular weight excluding hydrogens is 604 g/mol. The Morgan fingerprint density at radius 2 is 1.35 bits per heavy atom. The molecule has 10 heteroatoms. The maximum absolute atomic E-state index is 13.3. The number of benzene rings is 4. The number of fused-ring (bicyclic) bond motifs is 1. The molecule has 1 saturated heterocycles. The SMILES string of the molecule is O=C(OC1C(COC(c2ccccc2)(c2ccccc2)c2ccccc2)OC(n2cnc3c(Cl)ncnc32)C1O)c1ccccc1. The number of carbonyl (C=O) groups excluding carboxylic acids is 1. The summed E-state index contributed by atoms with van der Waals surface area (Å²) in [6.07, 6.45) is -1.53. The summed E-state index contributed by atoms with van der Waals surface area (Å²) in [6, 6.07) is 38.4. The van der Waals surface area contributed by atoms with Gasteiger partial charge in [0.25, 0.3) is 0 Å². The van der Waals surface area contributed by atoms with Gasteiger partial charge in [-0.25, -0.2) is 19.7 Å². The van der Waals surface area contributed by atoms with Crippen LogP contribution in [0.15, 0.2) is 134 Å². The van der Waals surface area contributed by atoms with Crippen LogP contribution in [0, 0.1) is 0 Å². The Kier molecular flexibility index (Phi) is 8.30. The van der Waals surface area contributed by atoms with E-state index in [-0.39, 0.29) is 11.8 Å². The highest BCUT2D eigenvalue weighted by Crippen LogP contribution is 2.42. The van der Waals surface area contributed by atoms with Crippen LogP contribution in [0.1, 0.15) is 33.3 Å². The zero-order valence-electron chi connectivity index (χ0n) is 24.5. The second-order valence-electron chi connectivity index (χ2n) is 10.9. The third-order valence-electron chi connectivity index (χ3n) is 8.16. The monoisotopic (exact) mass is 632 g/mol. The van der Waals surface area contributed by atoms with Gasteiger partial charge >= 0.3 is 5.97 Å². The molecule has 230 valence electrons. The topological polar surface area (TPSA) is 109 Å². The Hall–Kier alpha value is -4.93. The average molecular weight is 633 g/mol. The fraction of sp³-hybridized carbons (Fsp3) is 0.167. The number of hydrogen-bond acceptors (Lipinski definition) is 8. The van der Waals surface area contributed by atoms with Crippen LogP contribution in [0.3, 0.4) is 0 Å². The van der Waals surface area contributed by atoms with E-state index >= 15 is 0 Å². The number of aromatic nitrogens is 4. The van der Waals surface area contributed by atoms with Gasteiger partial charge in [-0.3, -0.25) is 4.57 Å². The molecule has 0 spiro atoms. The lowest BCUT2D eigenvalue weighted by molar-refractivity contribution is -0.0960. The van der Waals surface area contributed by atoms with Gasteiger partial charge in [0, 0.05) is 0 Å². The van der Waals surface area contributed by atoms with Crippen molar-refractivity contribution in [2.45, 2.75) is 30.1 Å². The fourth-order valence-electron chi connectivity index (χ4n) is 5.98. The molecule has 1 fully saturated rings. The van der Waals surface area contributed by atoms with Gasteiger partial charge in [-0.05, 0) is 28.8 Å². The maximum Gasteiger partial charge on any atom is 0.338 e. The zero-order chi connectivity index (χ0) is 31.5. The molecule has 0 saturated carbocycles. The van der Waals surface area contributed by atoms with E-state index in [1.807, 2.05) is 97.1 Å². The van der Waals surface area contributed by atoms with Crippen LogP contribution < -0.4 is 0 Å². The number of esters is 1. The number of hydrogen-bond donors (Lipinski definition) is 1. The first kappa shape index (κ1) is 29.8. The Balaban J connectivity index is 1.29. The van der Waals surface area contributed by atoms with Crippen molar-refractivity contribution < 1.29 is 24.1 Å². The highest BCUT2D eigenvalue weighted by atomic mass is 35.5. The Bertz CT molecular complexity index is 1830. The van der Waals surface area contributed by atoms with Crippen LogP contribution >= 0.6 is 11.6 Å². The van der Waals surface area contributed by atoms with Crippen LogP contribution in [-0.2, 0) is 19.8 Å². The average Bonchev–Trinajstić information content (AvgIpc) is 3.68. The quantitative estimate of drug-likeness (QED) is 0.118. The van der Waals surface area contributed by atoms with Crippen molar-refractivity contribution in [2.75, 3.05) is 6.61 Å². The predicted molar refractivity (Wildman–Crippen MR) is 171 cm³/mol. The molecule has 0 amide bonds. The molecule has 0 radical (unpaired) electrons. The van der Waals surface area contributed by atoms with Gasteiger partial charge < -0.3 is 19.3 Å². The van der Waals surface area contributed by atoms with Crippen molar-refractivity contribution in [3.63, 3.8) is 0 Å². The summed E-state index contributed by atoms with van der Waals surface area (Å²) >= 11 is 6.26. The maximum atomic E-state index is 13.3. The summed E-state index contributed by atoms with van der Waals surface area (Å²) in [5, 5.41) is 11.9. The summed E-state index contributed by atoms with van der Waals surface area (Å²) in [4.78, 5) is 26.0. The molecular formula is C36H29ClN4O5. The summed E-state index contributed by atoms with van der Waals surface area (Å²) in [7, 11) is 0. The van der Waals surface area contributed by atoms with E-state index in [4.69, 9.17) is 25.8 Å². The largest absolute Gasteiger partial charge is 0.453 e. The third-order valence-corrected chi connectivity index (χ3v) is 8.43. The number of halogens is 1. The Morgan fingerprint density at radius 1 is 0.804 bits per heavy atom. The number of imidazole rings is 1. The number of rotatable bonds is 9. The van der Waals surface area contributed by atoms with Crippen molar-refractivity contribution >= 4 is 28.7 Å². The number of nitrogens with zero attached hydrogens (tertiary/aromatic N) is 4. The molecule has 4 unspecified atom stereocenters. The second kappa shape index (κ2) is 12.8. The smallest absolute Gasteiger partial charge is 0.338 e. The molecule has 1 aliphatic rings. The van der Waals surface area contributed by atoms with Crippen molar-refractivity contribution in [1.82, 2.24) is 19.5 Å². The summed E-state index contributed by atoms with van der Waals surface area (Å²) < 4.78 is 21.0. The first-order chi connectivity index (χ1) is 22.6. The minimum absolute atomic E-state index is 0.0542. The van der Waals surface area contributed by atoms with Gasteiger partial charge in [0.1, 0.15) is 29.7 Å². The van der Waals surface area contributed by atoms with Gasteiger partial charge in [-0.1, -0.05) is 121 Å². The molecule has 46 heavy (non-hydrogen) atoms. The molecule has 0 aliphatic carbocycles. The highest BCUT2D eigenvalue weighted by Gasteiger charge is 2.49. The van der Waals surface area contributed by atoms with Crippen LogP contribution in [0.4, 0.5) is 0 Å². The van der Waals surface area contributed by atoms with Crippen LogP contribution in [0.25, 0.3) is 11.2 Å². The summed E-state index contributed by atoms with van der Waals surface area (Å²) in [5.74, 6) is -0.597. The molecule has 1 N–H and O–H groups in total. The summed E-state index contributed by atoms with van der Waals surface area (Å²) in [6.45, 7) is -0.0542. The van der Waals surface area contributed by atoms with Gasteiger partial charge in [0.2, 0.25) is 0 Å². The Labute approximate surface area is 270 Å². The lowest BCUT2D eigenvalue weighted by Gasteiger charge is -2.37. The number of carbonyl (C=O) groups is 1. The van der Waals surface area contributed by atoms with Crippen LogP contribution in [0.2, 0.25) is 5.15 Å². The minimum atomic E-state index is -1.30. The molecule has 7 rings (SSSR count). The molecule has 2 aromatic heterocycles. The predicted octanol–water partition coefficient (Wildman–Crippen LogP) is 5.97. The van der Waals surface area contributed by atoms with Crippen molar-refractivity contribution in [3.8, 4) is 0 Å². The summed E-state index contributed by atoms with van der Waals surface area (Å²) in [5.41, 5.74) is 2.69. The van der Waals surface area contributed by atoms with Gasteiger partial charge in [-0.15, -0.1) is 0 Å². The number of aliphatic hydroxyl groups excluding tert-OH is 1. The van der Waals surface area contributed by atoms with Crippen molar-refractivity contribution in [1.29, 1.82) is 0 Å². The van der Waals surface area contributed by atoms with E-state index in [2.05, 4.69) is 15.0 Å². The highest BCUT2D eigenvalue weighted by molar-refractivity contribution is 6.33. The standard InChI is InChI=1S/C36H29ClN4O5/c37-32-29-33(39-22-38-32)41(23-40-29)34-30(42)31(46-35(43)24-13-5-1-6-14-24)28(45-34)21-44-36(25-15-7-2-8-16-25,26-17-9-3-10-18-26)27-19-11-4-12-20-27/h1-20,22-23,28,30-31,34,42H,21H2. The van der Waals surface area contributed by atoms with E-state index in [1.165, 1.54) is 12.7 Å². The zero-order valence-corrected chi connectivity index (χ0v) is 25.2. The first-order valence-electron chi connectivity index (χ1n) is 14.8. The molecule has 4 atom stereocenters. The van der Waals surface area contributed by atoms with Gasteiger partial charge in [0.05, 0.1) is 18.5 Å². The Morgan fingerprint density at radius 3 is 1.91 bits per heavy atom. The molecule has 1 aliphatic heterocycles. The van der Waals surface area contributed by atoms with Crippen LogP contribution in [0.5, 0.6) is 0 Å². The molecule has 4 aromatic carbocycles. The lowest BCUT2D eigenvalue weighted by Crippen LogP contribution is -2.41. The van der Waals surface area contributed by atoms with E-state index in [9.17, 15) is 9.90 Å². The van der Waals surface area contributed by atoms with Crippen molar-refractivity contribution in [2.24, 2.45) is 0 Å². The van der Waals surface area contributed by atoms with E-state index in [0.29, 0.717) is 16.7 Å². The fourth-order valence-corrected chi connectivity index (χ4v) is 6.16. The van der Waals surface area contributed by atoms with Crippen LogP contribution in [-0.4, -0.2) is 55.5 Å². The first-order valence-corrected chi connectivity index (χ1v) is 15.2. The molecule has 9 nitrogen and oxygen atoms in total. The van der Waals surface area contributed by atoms with E-state index in [1.54, 1.807) is 28.8 Å². The van der Waals surface area contributed by atoms with Gasteiger partial charge in [-0.2, -0.15) is 0 Å². The third kappa shape index (κ3) is 5.44. The van der Waals surface area contributed by atoms with Gasteiger partial charge in [0.15, 0.2) is 23.1 Å². The van der Waals surface area contributed by atoms with Crippen molar-refractivity contribution in [3.05, 3.63) is 161 Å². The number of ether oxygens (including phenoxy) is 3. The van der Waals surface area contributed by atoms with E-state index in [0.717, 1.165) is 16.7 Å². The molecule has 3 heterocycles. The van der Waals surface area contributed by atoms with E-state index < -0.39 is 36.1 Å². The minimum Gasteiger partial charge on any atom is -0.453 e. The lowest BCUT2D eigenvalue weighted by atomic mass is 9.80. The number of aliphatic hydroxyl groups is 1. The molecule has 0 bridgehead atoms. The molecule has 6 aromatic rings. The second-order valence-corrected chi connectivity index (χ2v) is 11.2. The normalized spacial score (nSPS) is 19.7.